The van der Waals surface area contributed by atoms with Gasteiger partial charge in [-0.15, -0.1) is 0 Å². The molecular formula is C21H27N3O4. The Hall–Kier alpha value is -3.09. The quantitative estimate of drug-likeness (QED) is 0.538. The monoisotopic (exact) mass is 385 g/mol. The van der Waals surface area contributed by atoms with Crippen molar-refractivity contribution in [1.82, 2.24) is 10.6 Å². The second-order valence-corrected chi connectivity index (χ2v) is 6.21. The molecule has 1 aliphatic rings. The van der Waals surface area contributed by atoms with Crippen molar-refractivity contribution in [3.63, 3.8) is 0 Å². The molecule has 7 nitrogen and oxygen atoms in total. The topological polar surface area (TPSA) is 73.3 Å². The Labute approximate surface area is 165 Å². The molecule has 0 aromatic heterocycles. The lowest BCUT2D eigenvalue weighted by Gasteiger charge is -2.14. The number of rotatable bonds is 8. The Morgan fingerprint density at radius 2 is 1.86 bits per heavy atom. The number of aliphatic imine (C=N–C) groups is 1. The summed E-state index contributed by atoms with van der Waals surface area (Å²) >= 11 is 0. The van der Waals surface area contributed by atoms with Crippen LogP contribution in [0.4, 0.5) is 0 Å². The van der Waals surface area contributed by atoms with Crippen LogP contribution in [-0.4, -0.2) is 40.1 Å². The molecule has 0 saturated heterocycles. The smallest absolute Gasteiger partial charge is 0.231 e. The summed E-state index contributed by atoms with van der Waals surface area (Å²) in [5.74, 6) is 3.84. The van der Waals surface area contributed by atoms with Crippen molar-refractivity contribution in [2.75, 3.05) is 34.1 Å². The first kappa shape index (κ1) is 19.7. The first-order chi connectivity index (χ1) is 13.7. The second kappa shape index (κ2) is 9.73. The zero-order valence-corrected chi connectivity index (χ0v) is 16.6. The number of ether oxygens (including phenoxy) is 4. The van der Waals surface area contributed by atoms with E-state index in [1.54, 1.807) is 14.2 Å². The van der Waals surface area contributed by atoms with E-state index in [0.29, 0.717) is 19.9 Å². The molecule has 1 heterocycles. The van der Waals surface area contributed by atoms with Crippen LogP contribution in [-0.2, 0) is 13.0 Å². The molecular weight excluding hydrogens is 358 g/mol. The van der Waals surface area contributed by atoms with Crippen molar-refractivity contribution in [3.8, 4) is 23.0 Å². The van der Waals surface area contributed by atoms with E-state index >= 15 is 0 Å². The van der Waals surface area contributed by atoms with E-state index in [2.05, 4.69) is 21.7 Å². The summed E-state index contributed by atoms with van der Waals surface area (Å²) in [6, 6.07) is 11.9. The molecule has 1 aliphatic heterocycles. The first-order valence-corrected chi connectivity index (χ1v) is 9.36. The highest BCUT2D eigenvalue weighted by Crippen LogP contribution is 2.32. The van der Waals surface area contributed by atoms with Crippen LogP contribution in [0.5, 0.6) is 23.0 Å². The fourth-order valence-corrected chi connectivity index (χ4v) is 2.93. The van der Waals surface area contributed by atoms with Gasteiger partial charge in [-0.05, 0) is 48.7 Å². The predicted molar refractivity (Wildman–Crippen MR) is 109 cm³/mol. The van der Waals surface area contributed by atoms with Gasteiger partial charge in [-0.25, -0.2) is 0 Å². The van der Waals surface area contributed by atoms with Gasteiger partial charge < -0.3 is 29.6 Å². The molecule has 150 valence electrons. The van der Waals surface area contributed by atoms with Crippen LogP contribution < -0.4 is 29.6 Å². The lowest BCUT2D eigenvalue weighted by molar-refractivity contribution is 0.174. The number of guanidine groups is 1. The molecule has 0 unspecified atom stereocenters. The molecule has 0 saturated carbocycles. The maximum Gasteiger partial charge on any atom is 0.231 e. The highest BCUT2D eigenvalue weighted by atomic mass is 16.7. The molecule has 2 N–H and O–H groups in total. The molecule has 2 aromatic carbocycles. The summed E-state index contributed by atoms with van der Waals surface area (Å²) in [6.45, 7) is 4.23. The summed E-state index contributed by atoms with van der Waals surface area (Å²) in [5, 5.41) is 6.65. The van der Waals surface area contributed by atoms with Gasteiger partial charge in [0, 0.05) is 20.1 Å². The van der Waals surface area contributed by atoms with Crippen molar-refractivity contribution in [1.29, 1.82) is 0 Å². The van der Waals surface area contributed by atoms with Gasteiger partial charge in [0.15, 0.2) is 29.0 Å². The average Bonchev–Trinajstić information content (AvgIpc) is 3.19. The zero-order chi connectivity index (χ0) is 19.8. The molecule has 0 spiro atoms. The molecule has 28 heavy (non-hydrogen) atoms. The highest BCUT2D eigenvalue weighted by molar-refractivity contribution is 5.79. The van der Waals surface area contributed by atoms with Crippen molar-refractivity contribution in [2.45, 2.75) is 19.9 Å². The molecule has 3 rings (SSSR count). The van der Waals surface area contributed by atoms with E-state index in [0.717, 1.165) is 47.5 Å². The molecule has 0 aliphatic carbocycles. The van der Waals surface area contributed by atoms with Crippen LogP contribution in [0.1, 0.15) is 18.1 Å². The molecule has 0 fully saturated rings. The fraction of sp³-hybridized carbons (Fsp3) is 0.381. The minimum absolute atomic E-state index is 0.296. The normalized spacial score (nSPS) is 12.6. The van der Waals surface area contributed by atoms with Crippen molar-refractivity contribution >= 4 is 5.96 Å². The van der Waals surface area contributed by atoms with Gasteiger partial charge in [-0.2, -0.15) is 0 Å². The van der Waals surface area contributed by atoms with Gasteiger partial charge in [0.25, 0.3) is 0 Å². The Bertz CT molecular complexity index is 823. The van der Waals surface area contributed by atoms with Crippen molar-refractivity contribution < 1.29 is 18.9 Å². The van der Waals surface area contributed by atoms with Gasteiger partial charge in [0.05, 0.1) is 13.7 Å². The third kappa shape index (κ3) is 5.00. The first-order valence-electron chi connectivity index (χ1n) is 9.36. The van der Waals surface area contributed by atoms with Crippen LogP contribution in [0.2, 0.25) is 0 Å². The number of nitrogens with zero attached hydrogens (tertiary/aromatic N) is 1. The van der Waals surface area contributed by atoms with Crippen LogP contribution >= 0.6 is 0 Å². The molecule has 2 aromatic rings. The lowest BCUT2D eigenvalue weighted by Crippen LogP contribution is -2.37. The Balaban J connectivity index is 1.49. The zero-order valence-electron chi connectivity index (χ0n) is 16.6. The third-order valence-corrected chi connectivity index (χ3v) is 4.35. The van der Waals surface area contributed by atoms with E-state index in [1.807, 2.05) is 37.3 Å². The summed E-state index contributed by atoms with van der Waals surface area (Å²) in [6.07, 6.45) is 0.856. The van der Waals surface area contributed by atoms with Crippen LogP contribution in [0, 0.1) is 0 Å². The number of nitrogens with one attached hydrogen (secondary N) is 2. The van der Waals surface area contributed by atoms with Crippen LogP contribution in [0.25, 0.3) is 0 Å². The molecule has 0 bridgehead atoms. The van der Waals surface area contributed by atoms with Crippen molar-refractivity contribution in [2.24, 2.45) is 4.99 Å². The Morgan fingerprint density at radius 3 is 2.64 bits per heavy atom. The van der Waals surface area contributed by atoms with Crippen LogP contribution in [0.15, 0.2) is 41.4 Å². The second-order valence-electron chi connectivity index (χ2n) is 6.21. The Kier molecular flexibility index (Phi) is 6.84. The largest absolute Gasteiger partial charge is 0.493 e. The highest BCUT2D eigenvalue weighted by Gasteiger charge is 2.13. The minimum Gasteiger partial charge on any atom is -0.493 e. The number of hydrogen-bond acceptors (Lipinski definition) is 5. The lowest BCUT2D eigenvalue weighted by atomic mass is 10.1. The summed E-state index contributed by atoms with van der Waals surface area (Å²) in [4.78, 5) is 4.28. The summed E-state index contributed by atoms with van der Waals surface area (Å²) < 4.78 is 21.7. The number of hydrogen-bond donors (Lipinski definition) is 2. The minimum atomic E-state index is 0.296. The standard InChI is InChI=1S/C21H27N3O4/c1-4-26-19-12-16(6-7-17(19)25-3)13-24-21(22-2)23-10-9-15-5-8-18-20(11-15)28-14-27-18/h5-8,11-12H,4,9-10,13-14H2,1-3H3,(H2,22,23,24). The van der Waals surface area contributed by atoms with Gasteiger partial charge in [-0.1, -0.05) is 12.1 Å². The maximum atomic E-state index is 5.63. The number of fused-ring (bicyclic) bond motifs is 1. The van der Waals surface area contributed by atoms with Gasteiger partial charge in [0.2, 0.25) is 6.79 Å². The van der Waals surface area contributed by atoms with Gasteiger partial charge in [-0.3, -0.25) is 4.99 Å². The Morgan fingerprint density at radius 1 is 1.04 bits per heavy atom. The summed E-state index contributed by atoms with van der Waals surface area (Å²) in [7, 11) is 3.40. The van der Waals surface area contributed by atoms with E-state index in [1.165, 1.54) is 5.56 Å². The van der Waals surface area contributed by atoms with Crippen LogP contribution in [0.3, 0.4) is 0 Å². The SMILES string of the molecule is CCOc1cc(CNC(=NC)NCCc2ccc3c(c2)OCO3)ccc1OC. The summed E-state index contributed by atoms with van der Waals surface area (Å²) in [5.41, 5.74) is 2.27. The average molecular weight is 385 g/mol. The maximum absolute atomic E-state index is 5.63. The van der Waals surface area contributed by atoms with E-state index in [9.17, 15) is 0 Å². The van der Waals surface area contributed by atoms with Gasteiger partial charge >= 0.3 is 0 Å². The fourth-order valence-electron chi connectivity index (χ4n) is 2.93. The van der Waals surface area contributed by atoms with E-state index in [-0.39, 0.29) is 0 Å². The predicted octanol–water partition coefficient (Wildman–Crippen LogP) is 2.73. The molecule has 7 heteroatoms. The number of benzene rings is 2. The van der Waals surface area contributed by atoms with Crippen molar-refractivity contribution in [3.05, 3.63) is 47.5 Å². The molecule has 0 radical (unpaired) electrons. The van der Waals surface area contributed by atoms with E-state index < -0.39 is 0 Å². The van der Waals surface area contributed by atoms with E-state index in [4.69, 9.17) is 18.9 Å². The third-order valence-electron chi connectivity index (χ3n) is 4.35. The molecule has 0 amide bonds. The number of methoxy groups -OCH3 is 1. The molecule has 0 atom stereocenters. The van der Waals surface area contributed by atoms with Gasteiger partial charge in [0.1, 0.15) is 0 Å².